The summed E-state index contributed by atoms with van der Waals surface area (Å²) in [4.78, 5) is 43.2. The highest BCUT2D eigenvalue weighted by Gasteiger charge is 2.43. The number of fused-ring (bicyclic) bond motifs is 5. The SMILES string of the molecule is CCC1(O)C(=O)CCc2c1cc1n(c2=O)Cc2cc3cc(OC(=O)N4CCN(Cc5ccc(N)cc5)CC4)ccc3cc2-1. The predicted octanol–water partition coefficient (Wildman–Crippen LogP) is 4.04. The van der Waals surface area contributed by atoms with Crippen molar-refractivity contribution in [3.8, 4) is 17.0 Å². The lowest BCUT2D eigenvalue weighted by Crippen LogP contribution is -2.49. The monoisotopic (exact) mass is 578 g/mol. The Morgan fingerprint density at radius 2 is 1.72 bits per heavy atom. The van der Waals surface area contributed by atoms with E-state index in [4.69, 9.17) is 10.5 Å². The minimum atomic E-state index is -1.62. The average Bonchev–Trinajstić information content (AvgIpc) is 3.37. The summed E-state index contributed by atoms with van der Waals surface area (Å²) in [7, 11) is 0. The van der Waals surface area contributed by atoms with Crippen molar-refractivity contribution in [2.45, 2.75) is 44.9 Å². The lowest BCUT2D eigenvalue weighted by molar-refractivity contribution is -0.140. The summed E-state index contributed by atoms with van der Waals surface area (Å²) in [5, 5.41) is 13.1. The van der Waals surface area contributed by atoms with Crippen LogP contribution >= 0.6 is 0 Å². The second-order valence-electron chi connectivity index (χ2n) is 11.8. The van der Waals surface area contributed by atoms with Crippen LogP contribution in [-0.4, -0.2) is 57.5 Å². The molecule has 1 aromatic heterocycles. The lowest BCUT2D eigenvalue weighted by Gasteiger charge is -2.34. The molecule has 3 heterocycles. The quantitative estimate of drug-likeness (QED) is 0.309. The van der Waals surface area contributed by atoms with Crippen LogP contribution in [0, 0.1) is 0 Å². The summed E-state index contributed by atoms with van der Waals surface area (Å²) in [6.45, 7) is 5.69. The van der Waals surface area contributed by atoms with E-state index in [1.54, 1.807) is 22.5 Å². The first-order chi connectivity index (χ1) is 20.7. The van der Waals surface area contributed by atoms with Gasteiger partial charge in [0.05, 0.1) is 12.2 Å². The molecule has 0 radical (unpaired) electrons. The van der Waals surface area contributed by atoms with Crippen molar-refractivity contribution in [3.63, 3.8) is 0 Å². The molecule has 9 heteroatoms. The number of aliphatic hydroxyl groups is 1. The minimum Gasteiger partial charge on any atom is -0.410 e. The van der Waals surface area contributed by atoms with E-state index in [0.717, 1.165) is 47.2 Å². The molecule has 43 heavy (non-hydrogen) atoms. The lowest BCUT2D eigenvalue weighted by atomic mass is 9.76. The van der Waals surface area contributed by atoms with Crippen molar-refractivity contribution in [2.75, 3.05) is 31.9 Å². The Labute approximate surface area is 249 Å². The first kappa shape index (κ1) is 27.4. The van der Waals surface area contributed by atoms with E-state index in [0.29, 0.717) is 48.6 Å². The second kappa shape index (κ2) is 10.4. The summed E-state index contributed by atoms with van der Waals surface area (Å²) < 4.78 is 7.52. The van der Waals surface area contributed by atoms with Crippen LogP contribution in [0.15, 0.2) is 65.5 Å². The number of rotatable bonds is 4. The van der Waals surface area contributed by atoms with Gasteiger partial charge in [-0.1, -0.05) is 25.1 Å². The van der Waals surface area contributed by atoms with Gasteiger partial charge < -0.3 is 25.0 Å². The van der Waals surface area contributed by atoms with E-state index in [1.165, 1.54) is 5.56 Å². The van der Waals surface area contributed by atoms with E-state index >= 15 is 0 Å². The zero-order valence-electron chi connectivity index (χ0n) is 24.1. The number of aromatic nitrogens is 1. The molecule has 4 aromatic rings. The number of ether oxygens (including phenoxy) is 1. The van der Waals surface area contributed by atoms with Gasteiger partial charge in [-0.25, -0.2) is 4.79 Å². The number of nitrogen functional groups attached to an aromatic ring is 1. The molecule has 2 aliphatic heterocycles. The van der Waals surface area contributed by atoms with Crippen molar-refractivity contribution in [1.82, 2.24) is 14.4 Å². The molecule has 0 saturated carbocycles. The molecule has 3 N–H and O–H groups in total. The number of hydrogen-bond donors (Lipinski definition) is 2. The number of carbonyl (C=O) groups excluding carboxylic acids is 2. The molecular formula is C34H34N4O5. The van der Waals surface area contributed by atoms with Gasteiger partial charge in [0, 0.05) is 61.5 Å². The molecule has 220 valence electrons. The number of anilines is 1. The number of hydrogen-bond acceptors (Lipinski definition) is 7. The second-order valence-corrected chi connectivity index (χ2v) is 11.8. The Hall–Kier alpha value is -4.47. The van der Waals surface area contributed by atoms with Gasteiger partial charge in [-0.15, -0.1) is 0 Å². The zero-order valence-corrected chi connectivity index (χ0v) is 24.1. The minimum absolute atomic E-state index is 0.143. The van der Waals surface area contributed by atoms with Gasteiger partial charge >= 0.3 is 6.09 Å². The molecule has 7 rings (SSSR count). The molecule has 0 spiro atoms. The van der Waals surface area contributed by atoms with Crippen LogP contribution in [0.1, 0.15) is 42.0 Å². The Kier molecular flexibility index (Phi) is 6.59. The van der Waals surface area contributed by atoms with Crippen LogP contribution in [0.3, 0.4) is 0 Å². The van der Waals surface area contributed by atoms with E-state index < -0.39 is 5.60 Å². The third-order valence-electron chi connectivity index (χ3n) is 9.28. The number of pyridine rings is 1. The number of Topliss-reactive ketones (excluding diaryl/α,β-unsaturated/α-hetero) is 1. The zero-order chi connectivity index (χ0) is 29.9. The molecule has 1 amide bonds. The Morgan fingerprint density at radius 1 is 0.953 bits per heavy atom. The summed E-state index contributed by atoms with van der Waals surface area (Å²) in [5.41, 5.74) is 9.54. The Morgan fingerprint density at radius 3 is 2.47 bits per heavy atom. The van der Waals surface area contributed by atoms with E-state index in [1.807, 2.05) is 54.6 Å². The standard InChI is InChI=1S/C34H34N4O5/c1-2-34(42)29-18-30-28-17-22-5-8-26(16-23(22)15-24(28)20-38(30)32(40)27(29)9-10-31(34)39)43-33(41)37-13-11-36(12-14-37)19-21-3-6-25(35)7-4-21/h3-8,15-18,42H,2,9-14,19-20,35H2,1H3. The molecule has 1 fully saturated rings. The molecule has 1 aliphatic carbocycles. The number of carbonyl (C=O) groups is 2. The van der Waals surface area contributed by atoms with Crippen molar-refractivity contribution < 1.29 is 19.4 Å². The third kappa shape index (κ3) is 4.69. The van der Waals surface area contributed by atoms with Gasteiger partial charge in [0.15, 0.2) is 5.78 Å². The maximum Gasteiger partial charge on any atom is 0.415 e. The number of nitrogens with zero attached hydrogens (tertiary/aromatic N) is 3. The molecule has 0 bridgehead atoms. The van der Waals surface area contributed by atoms with Gasteiger partial charge in [0.2, 0.25) is 0 Å². The fourth-order valence-electron chi connectivity index (χ4n) is 6.72. The maximum absolute atomic E-state index is 13.5. The van der Waals surface area contributed by atoms with Crippen molar-refractivity contribution in [2.24, 2.45) is 0 Å². The van der Waals surface area contributed by atoms with Gasteiger partial charge in [0.1, 0.15) is 11.4 Å². The number of nitrogens with two attached hydrogens (primary N) is 1. The highest BCUT2D eigenvalue weighted by molar-refractivity contribution is 5.93. The highest BCUT2D eigenvalue weighted by Crippen LogP contribution is 2.40. The molecule has 9 nitrogen and oxygen atoms in total. The normalized spacial score (nSPS) is 19.7. The van der Waals surface area contributed by atoms with Crippen molar-refractivity contribution >= 4 is 28.3 Å². The highest BCUT2D eigenvalue weighted by atomic mass is 16.6. The number of piperazine rings is 1. The third-order valence-corrected chi connectivity index (χ3v) is 9.28. The van der Waals surface area contributed by atoms with Gasteiger partial charge in [-0.2, -0.15) is 0 Å². The van der Waals surface area contributed by atoms with Crippen molar-refractivity contribution in [1.29, 1.82) is 0 Å². The summed E-state index contributed by atoms with van der Waals surface area (Å²) in [6, 6.07) is 19.3. The van der Waals surface area contributed by atoms with Crippen LogP contribution in [0.25, 0.3) is 22.0 Å². The van der Waals surface area contributed by atoms with Gasteiger partial charge in [-0.3, -0.25) is 14.5 Å². The number of ketones is 1. The fraction of sp³-hybridized carbons (Fsp3) is 0.324. The first-order valence-corrected chi connectivity index (χ1v) is 14.9. The molecule has 1 saturated heterocycles. The molecule has 1 unspecified atom stereocenters. The summed E-state index contributed by atoms with van der Waals surface area (Å²) >= 11 is 0. The smallest absolute Gasteiger partial charge is 0.410 e. The van der Waals surface area contributed by atoms with Gasteiger partial charge in [0.25, 0.3) is 5.56 Å². The molecular weight excluding hydrogens is 544 g/mol. The van der Waals surface area contributed by atoms with E-state index in [9.17, 15) is 19.5 Å². The molecule has 3 aromatic carbocycles. The van der Waals surface area contributed by atoms with Crippen LogP contribution in [0.4, 0.5) is 10.5 Å². The number of amides is 1. The van der Waals surface area contributed by atoms with Crippen LogP contribution in [0.2, 0.25) is 0 Å². The predicted molar refractivity (Wildman–Crippen MR) is 164 cm³/mol. The number of benzene rings is 3. The largest absolute Gasteiger partial charge is 0.415 e. The summed E-state index contributed by atoms with van der Waals surface area (Å²) in [6.07, 6.45) is 0.381. The van der Waals surface area contributed by atoms with E-state index in [2.05, 4.69) is 4.90 Å². The first-order valence-electron chi connectivity index (χ1n) is 14.9. The Balaban J connectivity index is 1.08. The van der Waals surface area contributed by atoms with Gasteiger partial charge in [-0.05, 0) is 77.2 Å². The average molecular weight is 579 g/mol. The van der Waals surface area contributed by atoms with Crippen molar-refractivity contribution in [3.05, 3.63) is 93.3 Å². The van der Waals surface area contributed by atoms with Crippen LogP contribution < -0.4 is 16.0 Å². The maximum atomic E-state index is 13.5. The topological polar surface area (TPSA) is 118 Å². The van der Waals surface area contributed by atoms with E-state index in [-0.39, 0.29) is 30.3 Å². The summed E-state index contributed by atoms with van der Waals surface area (Å²) in [5.74, 6) is 0.238. The molecule has 3 aliphatic rings. The fourth-order valence-corrected chi connectivity index (χ4v) is 6.72. The van der Waals surface area contributed by atoms with Crippen LogP contribution in [0.5, 0.6) is 5.75 Å². The van der Waals surface area contributed by atoms with Crippen LogP contribution in [-0.2, 0) is 29.9 Å². The Bertz CT molecular complexity index is 1840. The molecule has 1 atom stereocenters.